The summed E-state index contributed by atoms with van der Waals surface area (Å²) in [5.74, 6) is 0.545. The third kappa shape index (κ3) is 4.45. The Morgan fingerprint density at radius 3 is 2.84 bits per heavy atom. The van der Waals surface area contributed by atoms with Crippen LogP contribution in [0, 0.1) is 0 Å². The summed E-state index contributed by atoms with van der Waals surface area (Å²) in [6, 6.07) is 9.13. The second-order valence-electron chi connectivity index (χ2n) is 5.54. The Bertz CT molecular complexity index is 904. The van der Waals surface area contributed by atoms with Gasteiger partial charge in [-0.25, -0.2) is 14.9 Å². The molecule has 10 heteroatoms. The third-order valence-electron chi connectivity index (χ3n) is 3.74. The van der Waals surface area contributed by atoms with Crippen molar-refractivity contribution in [3.8, 4) is 11.1 Å². The molecule has 25 heavy (non-hydrogen) atoms. The molecule has 0 fully saturated rings. The number of aromatic nitrogens is 1. The SMILES string of the molecule is CN1Cc2c(-c3cccc(CNS(N)(=O)=O)c3)ccnc2NC1=O.Cl. The average Bonchev–Trinajstić information content (AvgIpc) is 2.53. The fraction of sp³-hybridized carbons (Fsp3) is 0.200. The van der Waals surface area contributed by atoms with Crippen molar-refractivity contribution >= 4 is 34.5 Å². The maximum Gasteiger partial charge on any atom is 0.323 e. The molecule has 0 aliphatic carbocycles. The number of urea groups is 1. The summed E-state index contributed by atoms with van der Waals surface area (Å²) in [4.78, 5) is 17.5. The number of benzene rings is 1. The van der Waals surface area contributed by atoms with Gasteiger partial charge in [-0.3, -0.25) is 5.32 Å². The number of nitrogens with two attached hydrogens (primary N) is 1. The highest BCUT2D eigenvalue weighted by Crippen LogP contribution is 2.31. The first kappa shape index (κ1) is 19.1. The summed E-state index contributed by atoms with van der Waals surface area (Å²) in [5, 5.41) is 7.71. The number of halogens is 1. The van der Waals surface area contributed by atoms with Gasteiger partial charge in [0.05, 0.1) is 6.54 Å². The average molecular weight is 384 g/mol. The van der Waals surface area contributed by atoms with Gasteiger partial charge in [-0.15, -0.1) is 12.4 Å². The molecule has 2 amide bonds. The zero-order valence-electron chi connectivity index (χ0n) is 13.4. The van der Waals surface area contributed by atoms with Gasteiger partial charge < -0.3 is 4.90 Å². The van der Waals surface area contributed by atoms with Crippen LogP contribution in [0.15, 0.2) is 36.5 Å². The summed E-state index contributed by atoms with van der Waals surface area (Å²) in [7, 11) is -2.03. The number of anilines is 1. The predicted molar refractivity (Wildman–Crippen MR) is 97.4 cm³/mol. The number of pyridine rings is 1. The number of rotatable bonds is 4. The Morgan fingerprint density at radius 1 is 1.36 bits per heavy atom. The van der Waals surface area contributed by atoms with Crippen molar-refractivity contribution < 1.29 is 13.2 Å². The van der Waals surface area contributed by atoms with Crippen molar-refractivity contribution in [3.05, 3.63) is 47.7 Å². The fourth-order valence-corrected chi connectivity index (χ4v) is 2.94. The highest BCUT2D eigenvalue weighted by molar-refractivity contribution is 7.87. The molecule has 0 bridgehead atoms. The largest absolute Gasteiger partial charge is 0.323 e. The third-order valence-corrected chi connectivity index (χ3v) is 4.29. The van der Waals surface area contributed by atoms with Gasteiger partial charge in [0.15, 0.2) is 0 Å². The van der Waals surface area contributed by atoms with Crippen LogP contribution in [0.2, 0.25) is 0 Å². The fourth-order valence-electron chi connectivity index (χ4n) is 2.57. The van der Waals surface area contributed by atoms with E-state index in [1.807, 2.05) is 30.3 Å². The smallest absolute Gasteiger partial charge is 0.323 e. The van der Waals surface area contributed by atoms with Crippen LogP contribution in [0.5, 0.6) is 0 Å². The molecule has 1 aliphatic rings. The van der Waals surface area contributed by atoms with E-state index in [1.54, 1.807) is 18.1 Å². The van der Waals surface area contributed by atoms with Crippen LogP contribution in [0.3, 0.4) is 0 Å². The Balaban J connectivity index is 0.00000225. The zero-order chi connectivity index (χ0) is 17.3. The number of amides is 2. The van der Waals surface area contributed by atoms with E-state index in [0.29, 0.717) is 12.4 Å². The quantitative estimate of drug-likeness (QED) is 0.740. The number of hydrogen-bond donors (Lipinski definition) is 3. The Morgan fingerprint density at radius 2 is 2.12 bits per heavy atom. The molecular weight excluding hydrogens is 366 g/mol. The minimum atomic E-state index is -3.74. The first-order valence-corrected chi connectivity index (χ1v) is 8.75. The molecule has 0 unspecified atom stereocenters. The van der Waals surface area contributed by atoms with Gasteiger partial charge in [-0.05, 0) is 28.8 Å². The lowest BCUT2D eigenvalue weighted by molar-refractivity contribution is 0.218. The van der Waals surface area contributed by atoms with Crippen LogP contribution in [-0.4, -0.2) is 31.4 Å². The highest BCUT2D eigenvalue weighted by atomic mass is 35.5. The zero-order valence-corrected chi connectivity index (χ0v) is 15.0. The van der Waals surface area contributed by atoms with E-state index in [1.165, 1.54) is 0 Å². The van der Waals surface area contributed by atoms with Crippen LogP contribution in [0.25, 0.3) is 11.1 Å². The normalized spacial score (nSPS) is 13.7. The molecular formula is C15H18ClN5O3S. The molecule has 2 heterocycles. The second-order valence-corrected chi connectivity index (χ2v) is 6.92. The number of carbonyl (C=O) groups excluding carboxylic acids is 1. The molecule has 8 nitrogen and oxygen atoms in total. The van der Waals surface area contributed by atoms with Crippen molar-refractivity contribution in [3.63, 3.8) is 0 Å². The van der Waals surface area contributed by atoms with Gasteiger partial charge in [0.25, 0.3) is 10.2 Å². The van der Waals surface area contributed by atoms with Crippen molar-refractivity contribution in [2.45, 2.75) is 13.1 Å². The summed E-state index contributed by atoms with van der Waals surface area (Å²) in [6.07, 6.45) is 1.63. The van der Waals surface area contributed by atoms with Crippen LogP contribution in [0.1, 0.15) is 11.1 Å². The van der Waals surface area contributed by atoms with Gasteiger partial charge in [-0.2, -0.15) is 13.1 Å². The van der Waals surface area contributed by atoms with E-state index < -0.39 is 10.2 Å². The standard InChI is InChI=1S/C15H17N5O3S.ClH/c1-20-9-13-12(5-6-17-14(13)19-15(20)21)11-4-2-3-10(7-11)8-18-24(16,22)23;/h2-7,18H,8-9H2,1H3,(H2,16,22,23)(H,17,19,21);1H. The van der Waals surface area contributed by atoms with Crippen molar-refractivity contribution in [1.29, 1.82) is 0 Å². The molecule has 0 radical (unpaired) electrons. The van der Waals surface area contributed by atoms with Crippen LogP contribution < -0.4 is 15.2 Å². The minimum absolute atomic E-state index is 0. The molecule has 0 saturated carbocycles. The Kier molecular flexibility index (Phi) is 5.63. The van der Waals surface area contributed by atoms with Crippen molar-refractivity contribution in [2.24, 2.45) is 5.14 Å². The number of nitrogens with zero attached hydrogens (tertiary/aromatic N) is 2. The van der Waals surface area contributed by atoms with E-state index in [0.717, 1.165) is 22.3 Å². The number of hydrogen-bond acceptors (Lipinski definition) is 4. The number of nitrogens with one attached hydrogen (secondary N) is 2. The molecule has 1 aromatic carbocycles. The predicted octanol–water partition coefficient (Wildman–Crippen LogP) is 1.44. The van der Waals surface area contributed by atoms with Gasteiger partial charge in [0.1, 0.15) is 5.82 Å². The number of carbonyl (C=O) groups is 1. The lowest BCUT2D eigenvalue weighted by Crippen LogP contribution is -2.36. The molecule has 0 atom stereocenters. The minimum Gasteiger partial charge on any atom is -0.323 e. The highest BCUT2D eigenvalue weighted by Gasteiger charge is 2.23. The van der Waals surface area contributed by atoms with Crippen molar-refractivity contribution in [2.75, 3.05) is 12.4 Å². The maximum atomic E-state index is 11.7. The first-order chi connectivity index (χ1) is 11.3. The number of fused-ring (bicyclic) bond motifs is 1. The lowest BCUT2D eigenvalue weighted by Gasteiger charge is -2.27. The van der Waals surface area contributed by atoms with E-state index in [-0.39, 0.29) is 25.0 Å². The molecule has 1 aromatic heterocycles. The van der Waals surface area contributed by atoms with Gasteiger partial charge in [-0.1, -0.05) is 18.2 Å². The molecule has 134 valence electrons. The van der Waals surface area contributed by atoms with Crippen LogP contribution in [0.4, 0.5) is 10.6 Å². The molecule has 0 saturated heterocycles. The van der Waals surface area contributed by atoms with Gasteiger partial charge in [0.2, 0.25) is 0 Å². The van der Waals surface area contributed by atoms with Crippen molar-refractivity contribution in [1.82, 2.24) is 14.6 Å². The van der Waals surface area contributed by atoms with Gasteiger partial charge >= 0.3 is 6.03 Å². The lowest BCUT2D eigenvalue weighted by atomic mass is 9.98. The molecule has 4 N–H and O–H groups in total. The van der Waals surface area contributed by atoms with Crippen LogP contribution >= 0.6 is 12.4 Å². The summed E-state index contributed by atoms with van der Waals surface area (Å²) >= 11 is 0. The second kappa shape index (κ2) is 7.36. The Hall–Kier alpha value is -2.20. The Labute approximate surface area is 152 Å². The van der Waals surface area contributed by atoms with E-state index in [2.05, 4.69) is 15.0 Å². The molecule has 0 spiro atoms. The maximum absolute atomic E-state index is 11.7. The van der Waals surface area contributed by atoms with Gasteiger partial charge in [0, 0.05) is 25.4 Å². The molecule has 1 aliphatic heterocycles. The summed E-state index contributed by atoms with van der Waals surface area (Å²) < 4.78 is 24.3. The van der Waals surface area contributed by atoms with Crippen LogP contribution in [-0.2, 0) is 23.3 Å². The topological polar surface area (TPSA) is 117 Å². The van der Waals surface area contributed by atoms with E-state index in [4.69, 9.17) is 5.14 Å². The van der Waals surface area contributed by atoms with E-state index in [9.17, 15) is 13.2 Å². The summed E-state index contributed by atoms with van der Waals surface area (Å²) in [5.41, 5.74) is 3.53. The molecule has 2 aromatic rings. The monoisotopic (exact) mass is 383 g/mol. The summed E-state index contributed by atoms with van der Waals surface area (Å²) in [6.45, 7) is 0.556. The molecule has 3 rings (SSSR count). The first-order valence-electron chi connectivity index (χ1n) is 7.20. The van der Waals surface area contributed by atoms with E-state index >= 15 is 0 Å².